The number of nitrogens with zero attached hydrogens (tertiary/aromatic N) is 2. The Morgan fingerprint density at radius 1 is 1.18 bits per heavy atom. The van der Waals surface area contributed by atoms with Gasteiger partial charge in [0.1, 0.15) is 17.6 Å². The highest BCUT2D eigenvalue weighted by Gasteiger charge is 2.46. The van der Waals surface area contributed by atoms with Gasteiger partial charge in [-0.1, -0.05) is 0 Å². The number of ketones is 1. The van der Waals surface area contributed by atoms with E-state index in [2.05, 4.69) is 18.8 Å². The van der Waals surface area contributed by atoms with Crippen LogP contribution in [0.15, 0.2) is 48.3 Å². The van der Waals surface area contributed by atoms with Crippen molar-refractivity contribution in [3.63, 3.8) is 0 Å². The molecule has 0 unspecified atom stereocenters. The van der Waals surface area contributed by atoms with Crippen LogP contribution in [0, 0.1) is 0 Å². The Balaban J connectivity index is 1.71. The summed E-state index contributed by atoms with van der Waals surface area (Å²) in [6.07, 6.45) is 4.88. The molecule has 174 valence electrons. The van der Waals surface area contributed by atoms with Crippen LogP contribution in [0.2, 0.25) is 0 Å². The molecule has 1 aromatic carbocycles. The predicted octanol–water partition coefficient (Wildman–Crippen LogP) is 2.14. The van der Waals surface area contributed by atoms with Crippen molar-refractivity contribution in [2.45, 2.75) is 45.8 Å². The Morgan fingerprint density at radius 2 is 1.91 bits per heavy atom. The number of fused-ring (bicyclic) bond motifs is 1. The predicted molar refractivity (Wildman–Crippen MR) is 125 cm³/mol. The minimum Gasteiger partial charge on any atom is -0.507 e. The van der Waals surface area contributed by atoms with Gasteiger partial charge in [-0.15, -0.1) is 0 Å². The van der Waals surface area contributed by atoms with Gasteiger partial charge in [-0.05, 0) is 62.2 Å². The highest BCUT2D eigenvalue weighted by molar-refractivity contribution is 6.46. The van der Waals surface area contributed by atoms with Gasteiger partial charge in [-0.25, -0.2) is 0 Å². The lowest BCUT2D eigenvalue weighted by molar-refractivity contribution is -0.896. The first-order valence-electron chi connectivity index (χ1n) is 11.8. The summed E-state index contributed by atoms with van der Waals surface area (Å²) in [7, 11) is 0. The third-order valence-electron chi connectivity index (χ3n) is 6.66. The number of benzene rings is 1. The van der Waals surface area contributed by atoms with E-state index < -0.39 is 17.7 Å². The normalized spacial score (nSPS) is 21.5. The van der Waals surface area contributed by atoms with E-state index in [4.69, 9.17) is 4.74 Å². The van der Waals surface area contributed by atoms with Gasteiger partial charge >= 0.3 is 0 Å². The van der Waals surface area contributed by atoms with E-state index in [0.717, 1.165) is 49.4 Å². The average molecular weight is 451 g/mol. The van der Waals surface area contributed by atoms with Crippen LogP contribution >= 0.6 is 0 Å². The van der Waals surface area contributed by atoms with Crippen LogP contribution in [0.3, 0.4) is 0 Å². The van der Waals surface area contributed by atoms with E-state index in [1.807, 2.05) is 19.1 Å². The van der Waals surface area contributed by atoms with Gasteiger partial charge in [0, 0.05) is 37.3 Å². The number of hydrogen-bond acceptors (Lipinski definition) is 5. The lowest BCUT2D eigenvalue weighted by Gasteiger charge is -2.26. The van der Waals surface area contributed by atoms with E-state index in [-0.39, 0.29) is 17.4 Å². The van der Waals surface area contributed by atoms with Crippen LogP contribution in [0.25, 0.3) is 5.76 Å². The van der Waals surface area contributed by atoms with Crippen molar-refractivity contribution in [3.8, 4) is 5.75 Å². The van der Waals surface area contributed by atoms with Crippen molar-refractivity contribution in [2.24, 2.45) is 0 Å². The van der Waals surface area contributed by atoms with E-state index in [0.29, 0.717) is 12.1 Å². The molecule has 2 aliphatic rings. The largest absolute Gasteiger partial charge is 0.507 e. The lowest BCUT2D eigenvalue weighted by atomic mass is 9.95. The van der Waals surface area contributed by atoms with Crippen LogP contribution in [-0.4, -0.2) is 59.0 Å². The minimum absolute atomic E-state index is 0.0766. The number of hydrogen-bond donors (Lipinski definition) is 2. The molecule has 33 heavy (non-hydrogen) atoms. The number of likely N-dealkylation sites (tertiary alicyclic amines) is 1. The maximum atomic E-state index is 13.2. The number of aliphatic hydroxyl groups is 1. The van der Waals surface area contributed by atoms with Gasteiger partial charge in [0.05, 0.1) is 31.2 Å². The number of aliphatic hydroxyl groups excluding tert-OH is 1. The highest BCUT2D eigenvalue weighted by Crippen LogP contribution is 2.40. The number of rotatable bonds is 8. The number of Topliss-reactive ketones (excluding diaryl/α,β-unsaturated/α-hetero) is 1. The summed E-state index contributed by atoms with van der Waals surface area (Å²) < 4.78 is 5.76. The molecule has 1 fully saturated rings. The van der Waals surface area contributed by atoms with Gasteiger partial charge in [0.25, 0.3) is 11.7 Å². The Labute approximate surface area is 194 Å². The monoisotopic (exact) mass is 450 g/mol. The standard InChI is InChI=1S/C26H31N3O4/c1-4-28(5-2)13-6-14-29-23(18-9-11-27-12-10-18)22(25(31)26(29)32)24(30)19-7-8-21-20(16-19)15-17(3)33-21/h7-12,16-17,23,30H,4-6,13-15H2,1-3H3/p+1/b24-22-/t17-,23-/m0/s1. The number of carbonyl (C=O) groups excluding carboxylic acids is 2. The molecule has 0 radical (unpaired) electrons. The summed E-state index contributed by atoms with van der Waals surface area (Å²) in [4.78, 5) is 33.3. The molecule has 7 nitrogen and oxygen atoms in total. The first kappa shape index (κ1) is 23.0. The molecule has 2 aromatic rings. The van der Waals surface area contributed by atoms with E-state index in [1.165, 1.54) is 4.90 Å². The average Bonchev–Trinajstić information content (AvgIpc) is 3.32. The minimum atomic E-state index is -0.644. The molecular weight excluding hydrogens is 418 g/mol. The number of pyridine rings is 1. The molecule has 2 N–H and O–H groups in total. The molecule has 2 atom stereocenters. The van der Waals surface area contributed by atoms with Crippen molar-refractivity contribution in [1.82, 2.24) is 9.88 Å². The van der Waals surface area contributed by atoms with Crippen molar-refractivity contribution in [3.05, 3.63) is 65.0 Å². The summed E-state index contributed by atoms with van der Waals surface area (Å²) in [6, 6.07) is 8.37. The molecule has 0 bridgehead atoms. The molecule has 1 saturated heterocycles. The molecule has 0 spiro atoms. The lowest BCUT2D eigenvalue weighted by Crippen LogP contribution is -3.11. The molecule has 1 amide bonds. The summed E-state index contributed by atoms with van der Waals surface area (Å²) >= 11 is 0. The maximum Gasteiger partial charge on any atom is 0.295 e. The zero-order chi connectivity index (χ0) is 23.5. The fourth-order valence-electron chi connectivity index (χ4n) is 4.83. The number of ether oxygens (including phenoxy) is 1. The fraction of sp³-hybridized carbons (Fsp3) is 0.423. The SMILES string of the molecule is CC[NH+](CC)CCCN1C(=O)C(=O)/C(=C(\O)c2ccc3c(c2)C[C@H](C)O3)[C@@H]1c1ccncc1. The van der Waals surface area contributed by atoms with Crippen LogP contribution < -0.4 is 9.64 Å². The number of carbonyl (C=O) groups is 2. The van der Waals surface area contributed by atoms with Crippen LogP contribution in [0.5, 0.6) is 5.75 Å². The first-order chi connectivity index (χ1) is 15.9. The Morgan fingerprint density at radius 3 is 2.61 bits per heavy atom. The molecule has 7 heteroatoms. The Hall–Kier alpha value is -3.19. The van der Waals surface area contributed by atoms with Crippen LogP contribution in [-0.2, 0) is 16.0 Å². The third-order valence-corrected chi connectivity index (χ3v) is 6.66. The Bertz CT molecular complexity index is 1060. The molecule has 0 aliphatic carbocycles. The summed E-state index contributed by atoms with van der Waals surface area (Å²) in [5.41, 5.74) is 2.41. The smallest absolute Gasteiger partial charge is 0.295 e. The maximum absolute atomic E-state index is 13.2. The number of amides is 1. The van der Waals surface area contributed by atoms with Gasteiger partial charge in [-0.3, -0.25) is 14.6 Å². The van der Waals surface area contributed by atoms with Gasteiger partial charge < -0.3 is 19.6 Å². The topological polar surface area (TPSA) is 84.2 Å². The molecular formula is C26H32N3O4+. The van der Waals surface area contributed by atoms with Crippen LogP contribution in [0.4, 0.5) is 0 Å². The second-order valence-electron chi connectivity index (χ2n) is 8.79. The molecule has 3 heterocycles. The number of quaternary nitrogens is 1. The van der Waals surface area contributed by atoms with Gasteiger partial charge in [0.2, 0.25) is 0 Å². The zero-order valence-corrected chi connectivity index (χ0v) is 19.5. The molecule has 1 aromatic heterocycles. The van der Waals surface area contributed by atoms with Crippen molar-refractivity contribution >= 4 is 17.4 Å². The molecule has 0 saturated carbocycles. The summed E-state index contributed by atoms with van der Waals surface area (Å²) in [5, 5.41) is 11.3. The second-order valence-corrected chi connectivity index (χ2v) is 8.79. The first-order valence-corrected chi connectivity index (χ1v) is 11.8. The van der Waals surface area contributed by atoms with Gasteiger partial charge in [-0.2, -0.15) is 0 Å². The zero-order valence-electron chi connectivity index (χ0n) is 19.5. The molecule has 2 aliphatic heterocycles. The van der Waals surface area contributed by atoms with Crippen molar-refractivity contribution < 1.29 is 24.3 Å². The molecule has 4 rings (SSSR count). The van der Waals surface area contributed by atoms with E-state index >= 15 is 0 Å². The van der Waals surface area contributed by atoms with Crippen LogP contribution in [0.1, 0.15) is 49.9 Å². The number of nitrogens with one attached hydrogen (secondary N) is 1. The quantitative estimate of drug-likeness (QED) is 0.366. The third kappa shape index (κ3) is 4.50. The van der Waals surface area contributed by atoms with E-state index in [9.17, 15) is 14.7 Å². The second kappa shape index (κ2) is 9.75. The number of aromatic nitrogens is 1. The Kier molecular flexibility index (Phi) is 6.79. The summed E-state index contributed by atoms with van der Waals surface area (Å²) in [5.74, 6) is -0.556. The highest BCUT2D eigenvalue weighted by atomic mass is 16.5. The fourth-order valence-corrected chi connectivity index (χ4v) is 4.83. The van der Waals surface area contributed by atoms with Gasteiger partial charge in [0.15, 0.2) is 0 Å². The van der Waals surface area contributed by atoms with E-state index in [1.54, 1.807) is 35.5 Å². The van der Waals surface area contributed by atoms with Crippen molar-refractivity contribution in [2.75, 3.05) is 26.2 Å². The van der Waals surface area contributed by atoms with Crippen molar-refractivity contribution in [1.29, 1.82) is 0 Å². The summed E-state index contributed by atoms with van der Waals surface area (Å²) in [6.45, 7) is 9.69.